The molecule has 4 rings (SSSR count). The van der Waals surface area contributed by atoms with E-state index >= 15 is 0 Å². The molecule has 1 heterocycles. The van der Waals surface area contributed by atoms with Crippen LogP contribution in [-0.4, -0.2) is 74.2 Å². The number of nitrogens with zero attached hydrogens (tertiary/aromatic N) is 2. The quantitative estimate of drug-likeness (QED) is 0.233. The molecule has 0 saturated heterocycles. The number of H-pyrrole nitrogens is 1. The number of carbonyl (C=O) groups is 2. The summed E-state index contributed by atoms with van der Waals surface area (Å²) < 4.78 is 21.8. The predicted molar refractivity (Wildman–Crippen MR) is 163 cm³/mol. The summed E-state index contributed by atoms with van der Waals surface area (Å²) in [5.41, 5.74) is 3.34. The summed E-state index contributed by atoms with van der Waals surface area (Å²) in [5, 5.41) is 1.12. The van der Waals surface area contributed by atoms with E-state index < -0.39 is 0 Å². The zero-order chi connectivity index (χ0) is 30.2. The molecule has 42 heavy (non-hydrogen) atoms. The molecule has 9 heteroatoms. The summed E-state index contributed by atoms with van der Waals surface area (Å²) >= 11 is 0. The molecule has 0 aliphatic heterocycles. The number of methoxy groups -OCH3 is 4. The first-order valence-corrected chi connectivity index (χ1v) is 13.9. The number of rotatable bonds is 13. The molecule has 0 bridgehead atoms. The minimum Gasteiger partial charge on any atom is -0.496 e. The van der Waals surface area contributed by atoms with E-state index in [2.05, 4.69) is 11.1 Å². The average Bonchev–Trinajstić information content (AvgIpc) is 3.43. The van der Waals surface area contributed by atoms with Crippen LogP contribution >= 0.6 is 0 Å². The molecule has 3 aromatic carbocycles. The van der Waals surface area contributed by atoms with Gasteiger partial charge in [0, 0.05) is 36.2 Å². The summed E-state index contributed by atoms with van der Waals surface area (Å²) in [6.07, 6.45) is 2.63. The van der Waals surface area contributed by atoms with Gasteiger partial charge in [-0.2, -0.15) is 0 Å². The molecule has 0 aliphatic carbocycles. The summed E-state index contributed by atoms with van der Waals surface area (Å²) in [5.74, 6) is 1.45. The molecule has 0 fully saturated rings. The van der Waals surface area contributed by atoms with Crippen molar-refractivity contribution in [3.63, 3.8) is 0 Å². The van der Waals surface area contributed by atoms with Gasteiger partial charge in [0.05, 0.1) is 28.4 Å². The van der Waals surface area contributed by atoms with Crippen LogP contribution in [0.1, 0.15) is 35.3 Å². The lowest BCUT2D eigenvalue weighted by molar-refractivity contribution is -0.132. The van der Waals surface area contributed by atoms with Gasteiger partial charge in [0.1, 0.15) is 23.6 Å². The molecule has 9 nitrogen and oxygen atoms in total. The number of hydrogen-bond donors (Lipinski definition) is 1. The Bertz CT molecular complexity index is 1510. The van der Waals surface area contributed by atoms with Gasteiger partial charge in [-0.15, -0.1) is 0 Å². The lowest BCUT2D eigenvalue weighted by Gasteiger charge is -2.31. The molecule has 4 aromatic rings. The van der Waals surface area contributed by atoms with E-state index in [0.29, 0.717) is 42.5 Å². The Balaban J connectivity index is 1.63. The Labute approximate surface area is 246 Å². The van der Waals surface area contributed by atoms with Gasteiger partial charge in [-0.25, -0.2) is 0 Å². The number of para-hydroxylation sites is 1. The average molecular weight is 574 g/mol. The van der Waals surface area contributed by atoms with E-state index in [0.717, 1.165) is 22.0 Å². The van der Waals surface area contributed by atoms with Gasteiger partial charge >= 0.3 is 0 Å². The van der Waals surface area contributed by atoms with Crippen molar-refractivity contribution >= 4 is 22.7 Å². The Morgan fingerprint density at radius 1 is 0.810 bits per heavy atom. The minimum absolute atomic E-state index is 0.112. The molecule has 0 aliphatic rings. The van der Waals surface area contributed by atoms with E-state index in [9.17, 15) is 9.59 Å². The summed E-state index contributed by atoms with van der Waals surface area (Å²) in [6, 6.07) is 18.6. The van der Waals surface area contributed by atoms with Crippen molar-refractivity contribution in [3.05, 3.63) is 83.6 Å². The first-order chi connectivity index (χ1) is 20.3. The molecule has 0 spiro atoms. The second-order valence-electron chi connectivity index (χ2n) is 10.2. The molecule has 0 atom stereocenters. The SMILES string of the molecule is COc1ccc(CN(CCc2c[nH]c3ccccc23)C(=O)CN(C(=O)c2c(OC)cccc2OC)C(C)C)cc1OC. The van der Waals surface area contributed by atoms with Crippen LogP contribution < -0.4 is 18.9 Å². The second-order valence-corrected chi connectivity index (χ2v) is 10.2. The van der Waals surface area contributed by atoms with Crippen LogP contribution in [0, 0.1) is 0 Å². The van der Waals surface area contributed by atoms with Crippen molar-refractivity contribution in [1.29, 1.82) is 0 Å². The van der Waals surface area contributed by atoms with Gasteiger partial charge in [0.25, 0.3) is 5.91 Å². The molecule has 1 N–H and O–H groups in total. The third kappa shape index (κ3) is 6.62. The maximum Gasteiger partial charge on any atom is 0.262 e. The molecule has 1 aromatic heterocycles. The van der Waals surface area contributed by atoms with Crippen LogP contribution in [0.2, 0.25) is 0 Å². The Morgan fingerprint density at radius 2 is 1.48 bits per heavy atom. The Kier molecular flexibility index (Phi) is 9.96. The van der Waals surface area contributed by atoms with Gasteiger partial charge in [-0.3, -0.25) is 9.59 Å². The first-order valence-electron chi connectivity index (χ1n) is 13.9. The van der Waals surface area contributed by atoms with Gasteiger partial charge < -0.3 is 33.7 Å². The molecule has 0 radical (unpaired) electrons. The minimum atomic E-state index is -0.338. The maximum absolute atomic E-state index is 14.0. The standard InChI is InChI=1S/C33H39N3O6/c1-22(2)36(33(38)32-28(40-4)12-9-13-29(32)41-5)21-31(37)35(20-23-14-15-27(39-3)30(18-23)42-6)17-16-24-19-34-26-11-8-7-10-25(24)26/h7-15,18-19,22,34H,16-17,20-21H2,1-6H3. The third-order valence-electron chi connectivity index (χ3n) is 7.33. The topological polar surface area (TPSA) is 93.3 Å². The highest BCUT2D eigenvalue weighted by Crippen LogP contribution is 2.31. The van der Waals surface area contributed by atoms with Crippen molar-refractivity contribution in [1.82, 2.24) is 14.8 Å². The lowest BCUT2D eigenvalue weighted by atomic mass is 10.1. The fourth-order valence-corrected chi connectivity index (χ4v) is 5.03. The summed E-state index contributed by atoms with van der Waals surface area (Å²) in [6.45, 7) is 4.45. The van der Waals surface area contributed by atoms with Gasteiger partial charge in [-0.1, -0.05) is 30.3 Å². The number of nitrogens with one attached hydrogen (secondary N) is 1. The van der Waals surface area contributed by atoms with Crippen LogP contribution in [0.5, 0.6) is 23.0 Å². The van der Waals surface area contributed by atoms with Crippen molar-refractivity contribution in [3.8, 4) is 23.0 Å². The molecular weight excluding hydrogens is 534 g/mol. The Morgan fingerprint density at radius 3 is 2.12 bits per heavy atom. The highest BCUT2D eigenvalue weighted by Gasteiger charge is 2.29. The lowest BCUT2D eigenvalue weighted by Crippen LogP contribution is -2.46. The van der Waals surface area contributed by atoms with Crippen LogP contribution in [0.15, 0.2) is 66.9 Å². The van der Waals surface area contributed by atoms with E-state index in [-0.39, 0.29) is 30.0 Å². The molecule has 222 valence electrons. The second kappa shape index (κ2) is 13.8. The monoisotopic (exact) mass is 573 g/mol. The number of aromatic nitrogens is 1. The number of hydrogen-bond acceptors (Lipinski definition) is 6. The van der Waals surface area contributed by atoms with Crippen LogP contribution in [0.3, 0.4) is 0 Å². The molecule has 0 unspecified atom stereocenters. The molecule has 2 amide bonds. The van der Waals surface area contributed by atoms with Crippen LogP contribution in [0.4, 0.5) is 0 Å². The zero-order valence-corrected chi connectivity index (χ0v) is 25.1. The zero-order valence-electron chi connectivity index (χ0n) is 25.1. The predicted octanol–water partition coefficient (Wildman–Crippen LogP) is 5.32. The summed E-state index contributed by atoms with van der Waals surface area (Å²) in [4.78, 5) is 34.5. The number of ether oxygens (including phenoxy) is 4. The molecular formula is C33H39N3O6. The number of amides is 2. The van der Waals surface area contributed by atoms with Crippen LogP contribution in [0.25, 0.3) is 10.9 Å². The number of fused-ring (bicyclic) bond motifs is 1. The smallest absolute Gasteiger partial charge is 0.262 e. The van der Waals surface area contributed by atoms with Crippen molar-refractivity contribution in [2.45, 2.75) is 32.9 Å². The van der Waals surface area contributed by atoms with E-state index in [4.69, 9.17) is 18.9 Å². The number of carbonyl (C=O) groups excluding carboxylic acids is 2. The first kappa shape index (κ1) is 30.3. The third-order valence-corrected chi connectivity index (χ3v) is 7.33. The van der Waals surface area contributed by atoms with E-state index in [1.54, 1.807) is 42.2 Å². The highest BCUT2D eigenvalue weighted by molar-refractivity contribution is 6.01. The van der Waals surface area contributed by atoms with Crippen molar-refractivity contribution in [2.24, 2.45) is 0 Å². The highest BCUT2D eigenvalue weighted by atomic mass is 16.5. The van der Waals surface area contributed by atoms with E-state index in [1.165, 1.54) is 14.2 Å². The largest absolute Gasteiger partial charge is 0.496 e. The van der Waals surface area contributed by atoms with Gasteiger partial charge in [-0.05, 0) is 61.7 Å². The fraction of sp³-hybridized carbons (Fsp3) is 0.333. The van der Waals surface area contributed by atoms with E-state index in [1.807, 2.05) is 56.4 Å². The maximum atomic E-state index is 14.0. The van der Waals surface area contributed by atoms with Crippen molar-refractivity contribution in [2.75, 3.05) is 41.5 Å². The van der Waals surface area contributed by atoms with Crippen molar-refractivity contribution < 1.29 is 28.5 Å². The fourth-order valence-electron chi connectivity index (χ4n) is 5.03. The number of aromatic amines is 1. The molecule has 0 saturated carbocycles. The normalized spacial score (nSPS) is 10.9. The van der Waals surface area contributed by atoms with Gasteiger partial charge in [0.15, 0.2) is 11.5 Å². The summed E-state index contributed by atoms with van der Waals surface area (Å²) in [7, 11) is 6.18. The van der Waals surface area contributed by atoms with Crippen LogP contribution in [-0.2, 0) is 17.8 Å². The number of benzene rings is 3. The van der Waals surface area contributed by atoms with Gasteiger partial charge in [0.2, 0.25) is 5.91 Å². The Hall–Kier alpha value is -4.66.